The predicted molar refractivity (Wildman–Crippen MR) is 105 cm³/mol. The molecule has 1 spiro atoms. The standard InChI is InChI=1S/C18H28F3N3O.HI/c1-22-16(23-12-5-3-11(4-6-12)18(19,20)21)24-14-13-7-10-25-15(13)17(14)8-2-9-17;/h11-15H,2-10H2,1H3,(H2,22,23,24);1H. The van der Waals surface area contributed by atoms with Crippen LogP contribution in [-0.2, 0) is 4.74 Å². The number of nitrogens with zero attached hydrogens (tertiary/aromatic N) is 1. The van der Waals surface area contributed by atoms with E-state index in [1.54, 1.807) is 7.05 Å². The topological polar surface area (TPSA) is 45.7 Å². The van der Waals surface area contributed by atoms with Gasteiger partial charge >= 0.3 is 6.18 Å². The fourth-order valence-electron chi connectivity index (χ4n) is 5.53. The van der Waals surface area contributed by atoms with E-state index in [4.69, 9.17) is 4.74 Å². The second-order valence-electron chi connectivity index (χ2n) is 8.26. The molecule has 26 heavy (non-hydrogen) atoms. The molecule has 3 saturated carbocycles. The Bertz CT molecular complexity index is 530. The summed E-state index contributed by atoms with van der Waals surface area (Å²) in [6.45, 7) is 0.850. The van der Waals surface area contributed by atoms with E-state index in [2.05, 4.69) is 15.6 Å². The molecule has 2 N–H and O–H groups in total. The van der Waals surface area contributed by atoms with Crippen molar-refractivity contribution in [1.29, 1.82) is 0 Å². The highest BCUT2D eigenvalue weighted by Gasteiger charge is 2.66. The Morgan fingerprint density at radius 3 is 2.31 bits per heavy atom. The molecular formula is C18H29F3IN3O. The SMILES string of the molecule is CN=C(NC1CCC(C(F)(F)F)CC1)NC1C2CCOC2C12CCC2.I. The van der Waals surface area contributed by atoms with Crippen LogP contribution in [0.5, 0.6) is 0 Å². The molecule has 3 unspecified atom stereocenters. The summed E-state index contributed by atoms with van der Waals surface area (Å²) in [4.78, 5) is 4.34. The largest absolute Gasteiger partial charge is 0.391 e. The van der Waals surface area contributed by atoms with E-state index in [0.29, 0.717) is 30.9 Å². The average Bonchev–Trinajstić information content (AvgIpc) is 2.94. The third-order valence-corrected chi connectivity index (χ3v) is 7.08. The molecule has 4 rings (SSSR count). The minimum Gasteiger partial charge on any atom is -0.377 e. The number of aliphatic imine (C=N–C) groups is 1. The van der Waals surface area contributed by atoms with Crippen LogP contribution in [0.3, 0.4) is 0 Å². The summed E-state index contributed by atoms with van der Waals surface area (Å²) in [6.07, 6.45) is 2.65. The Hall–Kier alpha value is -0.250. The number of alkyl halides is 3. The van der Waals surface area contributed by atoms with Crippen molar-refractivity contribution in [2.24, 2.45) is 22.2 Å². The summed E-state index contributed by atoms with van der Waals surface area (Å²) in [6, 6.07) is 0.476. The van der Waals surface area contributed by atoms with Crippen molar-refractivity contribution in [2.45, 2.75) is 75.7 Å². The maximum absolute atomic E-state index is 12.8. The minimum absolute atomic E-state index is 0. The van der Waals surface area contributed by atoms with Gasteiger partial charge < -0.3 is 15.4 Å². The van der Waals surface area contributed by atoms with Crippen LogP contribution in [0.4, 0.5) is 13.2 Å². The number of ether oxygens (including phenoxy) is 1. The van der Waals surface area contributed by atoms with E-state index >= 15 is 0 Å². The number of hydrogen-bond acceptors (Lipinski definition) is 2. The maximum atomic E-state index is 12.8. The van der Waals surface area contributed by atoms with Crippen LogP contribution in [0.25, 0.3) is 0 Å². The van der Waals surface area contributed by atoms with Crippen molar-refractivity contribution in [2.75, 3.05) is 13.7 Å². The first kappa shape index (κ1) is 20.5. The average molecular weight is 487 g/mol. The Morgan fingerprint density at radius 2 is 1.77 bits per heavy atom. The van der Waals surface area contributed by atoms with Gasteiger partial charge in [0.05, 0.1) is 12.0 Å². The highest BCUT2D eigenvalue weighted by molar-refractivity contribution is 14.0. The third kappa shape index (κ3) is 3.44. The Labute approximate surface area is 170 Å². The van der Waals surface area contributed by atoms with E-state index in [1.165, 1.54) is 19.3 Å². The molecule has 4 aliphatic rings. The van der Waals surface area contributed by atoms with E-state index < -0.39 is 12.1 Å². The molecule has 4 fully saturated rings. The summed E-state index contributed by atoms with van der Waals surface area (Å²) in [5.74, 6) is 0.165. The molecular weight excluding hydrogens is 458 g/mol. The fourth-order valence-corrected chi connectivity index (χ4v) is 5.53. The molecule has 0 bridgehead atoms. The van der Waals surface area contributed by atoms with E-state index in [9.17, 15) is 13.2 Å². The number of nitrogens with one attached hydrogen (secondary N) is 2. The number of fused-ring (bicyclic) bond motifs is 2. The van der Waals surface area contributed by atoms with Gasteiger partial charge in [0.15, 0.2) is 5.96 Å². The Morgan fingerprint density at radius 1 is 1.08 bits per heavy atom. The van der Waals surface area contributed by atoms with Crippen molar-refractivity contribution < 1.29 is 17.9 Å². The van der Waals surface area contributed by atoms with Gasteiger partial charge in [-0.25, -0.2) is 0 Å². The molecule has 0 aromatic heterocycles. The van der Waals surface area contributed by atoms with Crippen LogP contribution in [0.15, 0.2) is 4.99 Å². The van der Waals surface area contributed by atoms with Crippen molar-refractivity contribution in [1.82, 2.24) is 10.6 Å². The van der Waals surface area contributed by atoms with Gasteiger partial charge in [-0.3, -0.25) is 4.99 Å². The zero-order valence-electron chi connectivity index (χ0n) is 15.1. The second-order valence-corrected chi connectivity index (χ2v) is 8.26. The molecule has 3 aliphatic carbocycles. The summed E-state index contributed by atoms with van der Waals surface area (Å²) in [7, 11) is 1.74. The molecule has 1 heterocycles. The molecule has 150 valence electrons. The van der Waals surface area contributed by atoms with Gasteiger partial charge in [0.25, 0.3) is 0 Å². The van der Waals surface area contributed by atoms with E-state index in [-0.39, 0.29) is 48.3 Å². The Balaban J connectivity index is 0.00000196. The smallest absolute Gasteiger partial charge is 0.377 e. The normalized spacial score (nSPS) is 38.6. The van der Waals surface area contributed by atoms with Gasteiger partial charge in [0.1, 0.15) is 0 Å². The van der Waals surface area contributed by atoms with Crippen LogP contribution in [0.1, 0.15) is 51.4 Å². The molecule has 4 nitrogen and oxygen atoms in total. The summed E-state index contributed by atoms with van der Waals surface area (Å²) < 4.78 is 44.4. The quantitative estimate of drug-likeness (QED) is 0.354. The van der Waals surface area contributed by atoms with Crippen LogP contribution in [-0.4, -0.2) is 44.0 Å². The molecule has 1 aliphatic heterocycles. The number of halogens is 4. The highest BCUT2D eigenvalue weighted by Crippen LogP contribution is 2.62. The lowest BCUT2D eigenvalue weighted by Crippen LogP contribution is -2.72. The van der Waals surface area contributed by atoms with Crippen LogP contribution >= 0.6 is 24.0 Å². The van der Waals surface area contributed by atoms with Gasteiger partial charge in [-0.05, 0) is 44.9 Å². The van der Waals surface area contributed by atoms with Crippen LogP contribution < -0.4 is 10.6 Å². The minimum atomic E-state index is -4.05. The van der Waals surface area contributed by atoms with Gasteiger partial charge in [-0.2, -0.15) is 13.2 Å². The van der Waals surface area contributed by atoms with Crippen LogP contribution in [0.2, 0.25) is 0 Å². The lowest BCUT2D eigenvalue weighted by Gasteiger charge is -2.63. The first-order valence-corrected chi connectivity index (χ1v) is 9.62. The van der Waals surface area contributed by atoms with Gasteiger partial charge in [-0.15, -0.1) is 24.0 Å². The fraction of sp³-hybridized carbons (Fsp3) is 0.944. The summed E-state index contributed by atoms with van der Waals surface area (Å²) in [5.41, 5.74) is 0.271. The monoisotopic (exact) mass is 487 g/mol. The molecule has 0 aromatic rings. The number of hydrogen-bond donors (Lipinski definition) is 2. The van der Waals surface area contributed by atoms with Crippen LogP contribution in [0, 0.1) is 17.3 Å². The molecule has 3 atom stereocenters. The van der Waals surface area contributed by atoms with Crippen molar-refractivity contribution >= 4 is 29.9 Å². The van der Waals surface area contributed by atoms with Crippen molar-refractivity contribution in [3.8, 4) is 0 Å². The first-order chi connectivity index (χ1) is 11.9. The lowest BCUT2D eigenvalue weighted by molar-refractivity contribution is -0.182. The lowest BCUT2D eigenvalue weighted by atomic mass is 9.46. The number of guanidine groups is 1. The molecule has 0 radical (unpaired) electrons. The molecule has 0 aromatic carbocycles. The van der Waals surface area contributed by atoms with Crippen molar-refractivity contribution in [3.63, 3.8) is 0 Å². The zero-order chi connectivity index (χ0) is 17.7. The molecule has 8 heteroatoms. The highest BCUT2D eigenvalue weighted by atomic mass is 127. The second kappa shape index (κ2) is 7.64. The summed E-state index contributed by atoms with van der Waals surface area (Å²) in [5, 5.41) is 6.97. The van der Waals surface area contributed by atoms with E-state index in [0.717, 1.165) is 19.0 Å². The van der Waals surface area contributed by atoms with Gasteiger partial charge in [-0.1, -0.05) is 6.42 Å². The summed E-state index contributed by atoms with van der Waals surface area (Å²) >= 11 is 0. The third-order valence-electron chi connectivity index (χ3n) is 7.08. The molecule has 0 amide bonds. The first-order valence-electron chi connectivity index (χ1n) is 9.62. The van der Waals surface area contributed by atoms with Gasteiger partial charge in [0, 0.05) is 37.1 Å². The Kier molecular flexibility index (Phi) is 6.02. The van der Waals surface area contributed by atoms with Gasteiger partial charge in [0.2, 0.25) is 0 Å². The van der Waals surface area contributed by atoms with E-state index in [1.807, 2.05) is 0 Å². The maximum Gasteiger partial charge on any atom is 0.391 e. The molecule has 1 saturated heterocycles. The number of rotatable bonds is 2. The van der Waals surface area contributed by atoms with Crippen molar-refractivity contribution in [3.05, 3.63) is 0 Å². The zero-order valence-corrected chi connectivity index (χ0v) is 17.5. The predicted octanol–water partition coefficient (Wildman–Crippen LogP) is 3.85.